The highest BCUT2D eigenvalue weighted by molar-refractivity contribution is 9.08. The lowest BCUT2D eigenvalue weighted by Crippen LogP contribution is -1.88. The van der Waals surface area contributed by atoms with Crippen LogP contribution in [0.5, 0.6) is 0 Å². The smallest absolute Gasteiger partial charge is 0.143 e. The van der Waals surface area contributed by atoms with Gasteiger partial charge in [0.2, 0.25) is 0 Å². The van der Waals surface area contributed by atoms with Gasteiger partial charge in [-0.1, -0.05) is 27.5 Å². The van der Waals surface area contributed by atoms with Crippen LogP contribution in [0.15, 0.2) is 12.1 Å². The van der Waals surface area contributed by atoms with Crippen molar-refractivity contribution < 1.29 is 4.39 Å². The summed E-state index contributed by atoms with van der Waals surface area (Å²) in [5.41, 5.74) is 1.01. The third kappa shape index (κ3) is 1.77. The molecule has 0 atom stereocenters. The van der Waals surface area contributed by atoms with Gasteiger partial charge >= 0.3 is 0 Å². The van der Waals surface area contributed by atoms with E-state index in [1.54, 1.807) is 0 Å². The van der Waals surface area contributed by atoms with Crippen LogP contribution in [0.2, 0.25) is 5.02 Å². The molecular formula is C8H4BrClFN. The second-order valence-corrected chi connectivity index (χ2v) is 3.14. The maximum Gasteiger partial charge on any atom is 0.143 e. The largest absolute Gasteiger partial charge is 0.205 e. The van der Waals surface area contributed by atoms with Crippen molar-refractivity contribution in [3.05, 3.63) is 34.1 Å². The summed E-state index contributed by atoms with van der Waals surface area (Å²) < 4.78 is 12.8. The Bertz CT molecular complexity index is 346. The van der Waals surface area contributed by atoms with E-state index in [0.717, 1.165) is 6.07 Å². The van der Waals surface area contributed by atoms with E-state index < -0.39 is 5.82 Å². The van der Waals surface area contributed by atoms with Gasteiger partial charge in [-0.25, -0.2) is 4.39 Å². The van der Waals surface area contributed by atoms with E-state index in [2.05, 4.69) is 15.9 Å². The number of nitriles is 1. The molecule has 0 heterocycles. The maximum absolute atomic E-state index is 12.8. The molecule has 62 valence electrons. The number of rotatable bonds is 1. The molecule has 0 saturated heterocycles. The molecule has 0 aliphatic rings. The van der Waals surface area contributed by atoms with Crippen LogP contribution in [0.4, 0.5) is 4.39 Å². The van der Waals surface area contributed by atoms with E-state index in [9.17, 15) is 4.39 Å². The van der Waals surface area contributed by atoms with Gasteiger partial charge in [0.15, 0.2) is 0 Å². The standard InChI is InChI=1S/C8H4BrClFN/c9-3-5-1-7(10)8(11)2-6(5)4-12/h1-2H,3H2. The highest BCUT2D eigenvalue weighted by atomic mass is 79.9. The van der Waals surface area contributed by atoms with E-state index in [1.165, 1.54) is 6.07 Å². The van der Waals surface area contributed by atoms with Crippen LogP contribution in [0, 0.1) is 17.1 Å². The molecule has 0 bridgehead atoms. The molecule has 12 heavy (non-hydrogen) atoms. The fourth-order valence-electron chi connectivity index (χ4n) is 0.803. The summed E-state index contributed by atoms with van der Waals surface area (Å²) in [7, 11) is 0. The Morgan fingerprint density at radius 3 is 2.75 bits per heavy atom. The highest BCUT2D eigenvalue weighted by Gasteiger charge is 2.06. The fourth-order valence-corrected chi connectivity index (χ4v) is 1.45. The Morgan fingerprint density at radius 2 is 2.25 bits per heavy atom. The molecule has 0 fully saturated rings. The Labute approximate surface area is 82.9 Å². The van der Waals surface area contributed by atoms with Gasteiger partial charge in [-0.3, -0.25) is 0 Å². The van der Waals surface area contributed by atoms with Crippen LogP contribution in [0.25, 0.3) is 0 Å². The number of benzene rings is 1. The summed E-state index contributed by atoms with van der Waals surface area (Å²) >= 11 is 8.69. The predicted octanol–water partition coefficient (Wildman–Crippen LogP) is 3.25. The first-order valence-corrected chi connectivity index (χ1v) is 4.63. The van der Waals surface area contributed by atoms with Crippen LogP contribution in [-0.4, -0.2) is 0 Å². The molecule has 0 aliphatic heterocycles. The van der Waals surface area contributed by atoms with Crippen LogP contribution >= 0.6 is 27.5 Å². The van der Waals surface area contributed by atoms with Crippen molar-refractivity contribution in [3.8, 4) is 6.07 Å². The van der Waals surface area contributed by atoms with Gasteiger partial charge in [0.1, 0.15) is 5.82 Å². The Morgan fingerprint density at radius 1 is 1.58 bits per heavy atom. The maximum atomic E-state index is 12.8. The second-order valence-electron chi connectivity index (χ2n) is 2.17. The number of nitrogens with zero attached hydrogens (tertiary/aromatic N) is 1. The van der Waals surface area contributed by atoms with Gasteiger partial charge in [0, 0.05) is 5.33 Å². The van der Waals surface area contributed by atoms with Crippen molar-refractivity contribution >= 4 is 27.5 Å². The average molecular weight is 248 g/mol. The topological polar surface area (TPSA) is 23.8 Å². The molecule has 1 rings (SSSR count). The lowest BCUT2D eigenvalue weighted by atomic mass is 10.1. The average Bonchev–Trinajstić information content (AvgIpc) is 2.09. The lowest BCUT2D eigenvalue weighted by molar-refractivity contribution is 0.627. The minimum absolute atomic E-state index is 0.0449. The molecule has 0 aliphatic carbocycles. The van der Waals surface area contributed by atoms with Gasteiger partial charge < -0.3 is 0 Å². The predicted molar refractivity (Wildman–Crippen MR) is 48.8 cm³/mol. The first-order valence-electron chi connectivity index (χ1n) is 3.13. The summed E-state index contributed by atoms with van der Waals surface area (Å²) in [6, 6.07) is 4.47. The fraction of sp³-hybridized carbons (Fsp3) is 0.125. The molecule has 0 radical (unpaired) electrons. The molecule has 0 amide bonds. The van der Waals surface area contributed by atoms with Crippen LogP contribution < -0.4 is 0 Å². The van der Waals surface area contributed by atoms with E-state index in [4.69, 9.17) is 16.9 Å². The molecule has 0 unspecified atom stereocenters. The number of hydrogen-bond acceptors (Lipinski definition) is 1. The third-order valence-corrected chi connectivity index (χ3v) is 2.30. The van der Waals surface area contributed by atoms with Crippen molar-refractivity contribution in [2.75, 3.05) is 0 Å². The molecule has 0 N–H and O–H groups in total. The highest BCUT2D eigenvalue weighted by Crippen LogP contribution is 2.21. The molecule has 1 nitrogen and oxygen atoms in total. The lowest BCUT2D eigenvalue weighted by Gasteiger charge is -2.00. The first-order chi connectivity index (χ1) is 5.69. The molecule has 0 aromatic heterocycles. The van der Waals surface area contributed by atoms with Crippen LogP contribution in [0.1, 0.15) is 11.1 Å². The van der Waals surface area contributed by atoms with E-state index in [0.29, 0.717) is 16.5 Å². The van der Waals surface area contributed by atoms with Gasteiger partial charge in [0.25, 0.3) is 0 Å². The van der Waals surface area contributed by atoms with E-state index >= 15 is 0 Å². The zero-order valence-electron chi connectivity index (χ0n) is 5.94. The third-order valence-electron chi connectivity index (χ3n) is 1.41. The Balaban J connectivity index is 3.31. The van der Waals surface area contributed by atoms with Crippen molar-refractivity contribution in [1.29, 1.82) is 5.26 Å². The number of alkyl halides is 1. The SMILES string of the molecule is N#Cc1cc(F)c(Cl)cc1CBr. The minimum atomic E-state index is -0.557. The molecule has 4 heteroatoms. The Kier molecular flexibility index (Phi) is 3.07. The van der Waals surface area contributed by atoms with Crippen LogP contribution in [0.3, 0.4) is 0 Å². The summed E-state index contributed by atoms with van der Waals surface area (Å²) in [6.07, 6.45) is 0. The molecule has 0 saturated carbocycles. The Hall–Kier alpha value is -0.590. The monoisotopic (exact) mass is 247 g/mol. The second kappa shape index (κ2) is 3.88. The van der Waals surface area contributed by atoms with E-state index in [1.807, 2.05) is 6.07 Å². The van der Waals surface area contributed by atoms with Crippen molar-refractivity contribution in [2.24, 2.45) is 0 Å². The summed E-state index contributed by atoms with van der Waals surface area (Å²) in [4.78, 5) is 0. The zero-order valence-corrected chi connectivity index (χ0v) is 8.28. The summed E-state index contributed by atoms with van der Waals surface area (Å²) in [5.74, 6) is -0.557. The molecular weight excluding hydrogens is 244 g/mol. The van der Waals surface area contributed by atoms with Gasteiger partial charge in [-0.15, -0.1) is 0 Å². The van der Waals surface area contributed by atoms with Crippen molar-refractivity contribution in [1.82, 2.24) is 0 Å². The van der Waals surface area contributed by atoms with Gasteiger partial charge in [-0.2, -0.15) is 5.26 Å². The zero-order chi connectivity index (χ0) is 9.14. The quantitative estimate of drug-likeness (QED) is 0.700. The van der Waals surface area contributed by atoms with Crippen molar-refractivity contribution in [3.63, 3.8) is 0 Å². The number of hydrogen-bond donors (Lipinski definition) is 0. The van der Waals surface area contributed by atoms with Crippen LogP contribution in [-0.2, 0) is 5.33 Å². The normalized spacial score (nSPS) is 9.50. The molecule has 1 aromatic rings. The molecule has 1 aromatic carbocycles. The first kappa shape index (κ1) is 9.50. The summed E-state index contributed by atoms with van der Waals surface area (Å²) in [6.45, 7) is 0. The number of halogens is 3. The van der Waals surface area contributed by atoms with E-state index in [-0.39, 0.29) is 5.02 Å². The minimum Gasteiger partial charge on any atom is -0.205 e. The summed E-state index contributed by atoms with van der Waals surface area (Å²) in [5, 5.41) is 9.13. The van der Waals surface area contributed by atoms with Crippen molar-refractivity contribution in [2.45, 2.75) is 5.33 Å². The van der Waals surface area contributed by atoms with Gasteiger partial charge in [-0.05, 0) is 17.7 Å². The van der Waals surface area contributed by atoms with Gasteiger partial charge in [0.05, 0.1) is 16.7 Å². The molecule has 0 spiro atoms.